The van der Waals surface area contributed by atoms with Crippen molar-refractivity contribution in [3.63, 3.8) is 0 Å². The summed E-state index contributed by atoms with van der Waals surface area (Å²) in [5.74, 6) is -0.0773. The van der Waals surface area contributed by atoms with Crippen LogP contribution in [0.4, 0.5) is 0 Å². The van der Waals surface area contributed by atoms with Crippen LogP contribution >= 0.6 is 0 Å². The van der Waals surface area contributed by atoms with Crippen molar-refractivity contribution in [2.75, 3.05) is 13.1 Å². The summed E-state index contributed by atoms with van der Waals surface area (Å²) in [6.07, 6.45) is 0.729. The van der Waals surface area contributed by atoms with Crippen LogP contribution in [0.1, 0.15) is 44.4 Å². The Morgan fingerprint density at radius 1 is 1.09 bits per heavy atom. The van der Waals surface area contributed by atoms with Crippen LogP contribution in [0.5, 0.6) is 0 Å². The predicted octanol–water partition coefficient (Wildman–Crippen LogP) is 1.90. The Bertz CT molecular complexity index is 749. The first-order chi connectivity index (χ1) is 11.0. The third kappa shape index (κ3) is 2.69. The molecule has 3 rings (SSSR count). The number of hydrazine groups is 1. The van der Waals surface area contributed by atoms with Crippen molar-refractivity contribution in [3.8, 4) is 0 Å². The van der Waals surface area contributed by atoms with Crippen molar-refractivity contribution < 1.29 is 14.1 Å². The van der Waals surface area contributed by atoms with Gasteiger partial charge in [0, 0.05) is 18.8 Å². The molecule has 0 unspecified atom stereocenters. The van der Waals surface area contributed by atoms with E-state index in [1.807, 2.05) is 13.0 Å². The maximum atomic E-state index is 12.8. The molecule has 0 aliphatic carbocycles. The summed E-state index contributed by atoms with van der Waals surface area (Å²) in [4.78, 5) is 29.7. The van der Waals surface area contributed by atoms with Crippen LogP contribution in [0.2, 0.25) is 0 Å². The first kappa shape index (κ1) is 15.2. The lowest BCUT2D eigenvalue weighted by atomic mass is 10.2. The summed E-state index contributed by atoms with van der Waals surface area (Å²) in [6, 6.07) is 5.27. The molecule has 0 aromatic carbocycles. The highest BCUT2D eigenvalue weighted by molar-refractivity contribution is 5.99. The molecule has 7 heteroatoms. The first-order valence-corrected chi connectivity index (χ1v) is 7.49. The van der Waals surface area contributed by atoms with Gasteiger partial charge in [0.2, 0.25) is 0 Å². The van der Waals surface area contributed by atoms with Crippen LogP contribution in [-0.4, -0.2) is 45.1 Å². The standard InChI is InChI=1S/C16H18N4O3/c1-10-6-4-7-13(17-10)15(21)19-8-5-9-20(19)16(22)14-11(2)18-23-12(14)3/h4,6-7H,5,8-9H2,1-3H3. The lowest BCUT2D eigenvalue weighted by molar-refractivity contribution is 0.0180. The number of amides is 2. The second-order valence-corrected chi connectivity index (χ2v) is 5.57. The van der Waals surface area contributed by atoms with Gasteiger partial charge < -0.3 is 4.52 Å². The van der Waals surface area contributed by atoms with E-state index in [1.54, 1.807) is 26.0 Å². The van der Waals surface area contributed by atoms with Gasteiger partial charge in [-0.1, -0.05) is 11.2 Å². The molecule has 0 saturated carbocycles. The lowest BCUT2D eigenvalue weighted by Crippen LogP contribution is -2.45. The highest BCUT2D eigenvalue weighted by Gasteiger charge is 2.34. The molecule has 0 atom stereocenters. The van der Waals surface area contributed by atoms with Gasteiger partial charge in [-0.15, -0.1) is 0 Å². The highest BCUT2D eigenvalue weighted by atomic mass is 16.5. The average molecular weight is 314 g/mol. The van der Waals surface area contributed by atoms with Crippen LogP contribution < -0.4 is 0 Å². The van der Waals surface area contributed by atoms with E-state index in [0.29, 0.717) is 35.8 Å². The van der Waals surface area contributed by atoms with E-state index in [2.05, 4.69) is 10.1 Å². The Kier molecular flexibility index (Phi) is 3.85. The van der Waals surface area contributed by atoms with Crippen LogP contribution in [-0.2, 0) is 0 Å². The number of hydrogen-bond donors (Lipinski definition) is 0. The number of rotatable bonds is 2. The largest absolute Gasteiger partial charge is 0.361 e. The number of carbonyl (C=O) groups excluding carboxylic acids is 2. The van der Waals surface area contributed by atoms with E-state index in [-0.39, 0.29) is 11.8 Å². The van der Waals surface area contributed by atoms with E-state index >= 15 is 0 Å². The molecule has 1 aliphatic heterocycles. The number of hydrogen-bond acceptors (Lipinski definition) is 5. The second-order valence-electron chi connectivity index (χ2n) is 5.57. The maximum absolute atomic E-state index is 12.8. The van der Waals surface area contributed by atoms with Gasteiger partial charge in [0.15, 0.2) is 0 Å². The molecule has 1 saturated heterocycles. The minimum atomic E-state index is -0.272. The van der Waals surface area contributed by atoms with Crippen LogP contribution in [0.25, 0.3) is 0 Å². The first-order valence-electron chi connectivity index (χ1n) is 7.49. The van der Waals surface area contributed by atoms with Gasteiger partial charge in [-0.2, -0.15) is 0 Å². The summed E-state index contributed by atoms with van der Waals surface area (Å²) in [5.41, 5.74) is 2.05. The van der Waals surface area contributed by atoms with Gasteiger partial charge in [-0.05, 0) is 39.3 Å². The molecule has 0 N–H and O–H groups in total. The molecular weight excluding hydrogens is 296 g/mol. The normalized spacial score (nSPS) is 14.4. The van der Waals surface area contributed by atoms with Crippen molar-refractivity contribution in [3.05, 3.63) is 46.6 Å². The summed E-state index contributed by atoms with van der Waals surface area (Å²) in [6.45, 7) is 6.21. The van der Waals surface area contributed by atoms with Crippen molar-refractivity contribution >= 4 is 11.8 Å². The Labute approximate surface area is 133 Å². The van der Waals surface area contributed by atoms with Crippen molar-refractivity contribution in [2.24, 2.45) is 0 Å². The zero-order chi connectivity index (χ0) is 16.6. The monoisotopic (exact) mass is 314 g/mol. The van der Waals surface area contributed by atoms with Crippen molar-refractivity contribution in [1.82, 2.24) is 20.2 Å². The minimum Gasteiger partial charge on any atom is -0.361 e. The van der Waals surface area contributed by atoms with Gasteiger partial charge in [0.05, 0.1) is 5.69 Å². The molecule has 2 amide bonds. The molecule has 23 heavy (non-hydrogen) atoms. The molecule has 0 bridgehead atoms. The zero-order valence-electron chi connectivity index (χ0n) is 13.4. The molecule has 2 aromatic heterocycles. The molecule has 120 valence electrons. The molecule has 7 nitrogen and oxygen atoms in total. The number of nitrogens with zero attached hydrogens (tertiary/aromatic N) is 4. The summed E-state index contributed by atoms with van der Waals surface area (Å²) < 4.78 is 5.06. The Hall–Kier alpha value is -2.70. The third-order valence-corrected chi connectivity index (χ3v) is 3.85. The van der Waals surface area contributed by atoms with E-state index < -0.39 is 0 Å². The van der Waals surface area contributed by atoms with Gasteiger partial charge in [-0.25, -0.2) is 15.0 Å². The quantitative estimate of drug-likeness (QED) is 0.846. The number of carbonyl (C=O) groups is 2. The zero-order valence-corrected chi connectivity index (χ0v) is 13.4. The molecule has 2 aromatic rings. The van der Waals surface area contributed by atoms with E-state index in [4.69, 9.17) is 4.52 Å². The SMILES string of the molecule is Cc1cccc(C(=O)N2CCCN2C(=O)c2c(C)noc2C)n1. The third-order valence-electron chi connectivity index (χ3n) is 3.85. The van der Waals surface area contributed by atoms with Crippen molar-refractivity contribution in [1.29, 1.82) is 0 Å². The van der Waals surface area contributed by atoms with E-state index in [9.17, 15) is 9.59 Å². The number of aryl methyl sites for hydroxylation is 3. The second kappa shape index (κ2) is 5.83. The van der Waals surface area contributed by atoms with Gasteiger partial charge >= 0.3 is 0 Å². The minimum absolute atomic E-state index is 0.264. The molecule has 0 spiro atoms. The molecule has 1 aliphatic rings. The van der Waals surface area contributed by atoms with Crippen molar-refractivity contribution in [2.45, 2.75) is 27.2 Å². The Morgan fingerprint density at radius 3 is 2.39 bits per heavy atom. The van der Waals surface area contributed by atoms with Gasteiger partial charge in [0.25, 0.3) is 11.8 Å². The van der Waals surface area contributed by atoms with E-state index in [0.717, 1.165) is 12.1 Å². The van der Waals surface area contributed by atoms with Crippen LogP contribution in [0.15, 0.2) is 22.7 Å². The fraction of sp³-hybridized carbons (Fsp3) is 0.375. The summed E-state index contributed by atoms with van der Waals surface area (Å²) in [5, 5.41) is 6.72. The Balaban J connectivity index is 1.88. The number of pyridine rings is 1. The molecular formula is C16H18N4O3. The van der Waals surface area contributed by atoms with Gasteiger partial charge in [0.1, 0.15) is 17.0 Å². The predicted molar refractivity (Wildman–Crippen MR) is 81.6 cm³/mol. The average Bonchev–Trinajstić information content (AvgIpc) is 3.13. The molecule has 0 radical (unpaired) electrons. The van der Waals surface area contributed by atoms with Crippen LogP contribution in [0, 0.1) is 20.8 Å². The fourth-order valence-corrected chi connectivity index (χ4v) is 2.75. The van der Waals surface area contributed by atoms with Gasteiger partial charge in [-0.3, -0.25) is 9.59 Å². The molecule has 1 fully saturated rings. The topological polar surface area (TPSA) is 79.5 Å². The number of aromatic nitrogens is 2. The summed E-state index contributed by atoms with van der Waals surface area (Å²) in [7, 11) is 0. The Morgan fingerprint density at radius 2 is 1.78 bits per heavy atom. The highest BCUT2D eigenvalue weighted by Crippen LogP contribution is 2.21. The maximum Gasteiger partial charge on any atom is 0.291 e. The summed E-state index contributed by atoms with van der Waals surface area (Å²) >= 11 is 0. The smallest absolute Gasteiger partial charge is 0.291 e. The molecule has 3 heterocycles. The fourth-order valence-electron chi connectivity index (χ4n) is 2.75. The van der Waals surface area contributed by atoms with E-state index in [1.165, 1.54) is 10.0 Å². The van der Waals surface area contributed by atoms with Crippen LogP contribution in [0.3, 0.4) is 0 Å². The lowest BCUT2D eigenvalue weighted by Gasteiger charge is -2.27.